The van der Waals surface area contributed by atoms with Crippen LogP contribution in [0.15, 0.2) is 22.0 Å². The quantitative estimate of drug-likeness (QED) is 0.326. The molecule has 0 unspecified atom stereocenters. The van der Waals surface area contributed by atoms with Crippen molar-refractivity contribution in [3.8, 4) is 0 Å². The van der Waals surface area contributed by atoms with Crippen molar-refractivity contribution < 1.29 is 9.62 Å². The number of nitrogens with zero attached hydrogens (tertiary/aromatic N) is 2. The van der Waals surface area contributed by atoms with E-state index in [0.717, 1.165) is 6.21 Å². The maximum absolute atomic E-state index is 7.91. The van der Waals surface area contributed by atoms with Gasteiger partial charge in [0.05, 0.1) is 6.20 Å². The van der Waals surface area contributed by atoms with E-state index < -0.39 is 0 Å². The third-order valence-corrected chi connectivity index (χ3v) is 0.620. The monoisotopic (exact) mass is 112 g/mol. The number of aromatic nitrogens is 1. The fraction of sp³-hybridized carbons (Fsp3) is 0. The average molecular weight is 112 g/mol. The maximum Gasteiger partial charge on any atom is 0.240 e. The molecule has 1 aromatic heterocycles. The fourth-order valence-electron chi connectivity index (χ4n) is 0.348. The average Bonchev–Trinajstić information content (AvgIpc) is 2.19. The van der Waals surface area contributed by atoms with E-state index in [4.69, 9.17) is 5.21 Å². The molecule has 0 aliphatic carbocycles. The van der Waals surface area contributed by atoms with Crippen LogP contribution in [0.4, 0.5) is 0 Å². The number of oxazole rings is 1. The van der Waals surface area contributed by atoms with Crippen LogP contribution >= 0.6 is 0 Å². The summed E-state index contributed by atoms with van der Waals surface area (Å²) in [6.07, 6.45) is 3.98. The van der Waals surface area contributed by atoms with Crippen LogP contribution in [0, 0.1) is 0 Å². The zero-order valence-electron chi connectivity index (χ0n) is 3.98. The molecule has 8 heavy (non-hydrogen) atoms. The van der Waals surface area contributed by atoms with Gasteiger partial charge < -0.3 is 9.62 Å². The lowest BCUT2D eigenvalue weighted by molar-refractivity contribution is 0.320. The Kier molecular flexibility index (Phi) is 1.27. The first-order chi connectivity index (χ1) is 3.93. The molecule has 0 amide bonds. The Balaban J connectivity index is 2.77. The lowest BCUT2D eigenvalue weighted by Crippen LogP contribution is -1.76. The summed E-state index contributed by atoms with van der Waals surface area (Å²) in [6.45, 7) is 0. The molecule has 0 aliphatic rings. The molecule has 1 aromatic rings. The summed E-state index contributed by atoms with van der Waals surface area (Å²) in [5.74, 6) is 0.299. The van der Waals surface area contributed by atoms with Crippen molar-refractivity contribution in [3.05, 3.63) is 18.4 Å². The van der Waals surface area contributed by atoms with Crippen LogP contribution in [0.3, 0.4) is 0 Å². The van der Waals surface area contributed by atoms with Gasteiger partial charge in [-0.15, -0.1) is 0 Å². The van der Waals surface area contributed by atoms with Crippen molar-refractivity contribution in [2.45, 2.75) is 0 Å². The van der Waals surface area contributed by atoms with Crippen molar-refractivity contribution in [1.82, 2.24) is 4.98 Å². The van der Waals surface area contributed by atoms with E-state index in [9.17, 15) is 0 Å². The Morgan fingerprint density at radius 2 is 2.75 bits per heavy atom. The van der Waals surface area contributed by atoms with E-state index in [1.165, 1.54) is 12.5 Å². The van der Waals surface area contributed by atoms with Gasteiger partial charge in [-0.25, -0.2) is 4.98 Å². The number of oxime groups is 1. The fourth-order valence-corrected chi connectivity index (χ4v) is 0.348. The second kappa shape index (κ2) is 2.11. The lowest BCUT2D eigenvalue weighted by atomic mass is 10.7. The minimum absolute atomic E-state index is 0.299. The van der Waals surface area contributed by atoms with Gasteiger partial charge in [-0.3, -0.25) is 0 Å². The van der Waals surface area contributed by atoms with Crippen LogP contribution in [-0.2, 0) is 0 Å². The van der Waals surface area contributed by atoms with Crippen LogP contribution < -0.4 is 0 Å². The van der Waals surface area contributed by atoms with E-state index in [1.54, 1.807) is 0 Å². The van der Waals surface area contributed by atoms with E-state index in [2.05, 4.69) is 14.6 Å². The van der Waals surface area contributed by atoms with Gasteiger partial charge in [0.1, 0.15) is 12.5 Å². The molecular weight excluding hydrogens is 108 g/mol. The van der Waals surface area contributed by atoms with Gasteiger partial charge in [0, 0.05) is 0 Å². The van der Waals surface area contributed by atoms with E-state index in [0.29, 0.717) is 5.89 Å². The van der Waals surface area contributed by atoms with Crippen LogP contribution in [0.5, 0.6) is 0 Å². The molecule has 0 bridgehead atoms. The minimum Gasteiger partial charge on any atom is -0.444 e. The van der Waals surface area contributed by atoms with Crippen molar-refractivity contribution in [3.63, 3.8) is 0 Å². The van der Waals surface area contributed by atoms with Gasteiger partial charge in [0.25, 0.3) is 0 Å². The standard InChI is InChI=1S/C4H4N2O2/c7-6-3-4-5-1-2-8-4/h1-3,7H/b6-3+. The predicted octanol–water partition coefficient (Wildman–Crippen LogP) is 0.483. The largest absolute Gasteiger partial charge is 0.444 e. The predicted molar refractivity (Wildman–Crippen MR) is 25.9 cm³/mol. The molecule has 0 aromatic carbocycles. The van der Waals surface area contributed by atoms with Gasteiger partial charge in [0.15, 0.2) is 0 Å². The van der Waals surface area contributed by atoms with Gasteiger partial charge in [-0.2, -0.15) is 0 Å². The molecule has 1 rings (SSSR count). The van der Waals surface area contributed by atoms with Crippen LogP contribution in [0.1, 0.15) is 5.89 Å². The molecule has 0 spiro atoms. The number of hydrogen-bond acceptors (Lipinski definition) is 4. The lowest BCUT2D eigenvalue weighted by Gasteiger charge is -1.72. The first kappa shape index (κ1) is 4.83. The van der Waals surface area contributed by atoms with Gasteiger partial charge in [-0.1, -0.05) is 5.16 Å². The van der Waals surface area contributed by atoms with E-state index >= 15 is 0 Å². The second-order valence-electron chi connectivity index (χ2n) is 1.11. The van der Waals surface area contributed by atoms with Gasteiger partial charge in [-0.05, 0) is 0 Å². The third-order valence-electron chi connectivity index (χ3n) is 0.620. The molecule has 0 atom stereocenters. The highest BCUT2D eigenvalue weighted by molar-refractivity contribution is 5.72. The van der Waals surface area contributed by atoms with Gasteiger partial charge in [0.2, 0.25) is 5.89 Å². The van der Waals surface area contributed by atoms with Crippen molar-refractivity contribution >= 4 is 6.21 Å². The molecule has 4 nitrogen and oxygen atoms in total. The summed E-state index contributed by atoms with van der Waals surface area (Å²) < 4.78 is 4.65. The van der Waals surface area contributed by atoms with Gasteiger partial charge >= 0.3 is 0 Å². The first-order valence-electron chi connectivity index (χ1n) is 2.00. The first-order valence-corrected chi connectivity index (χ1v) is 2.00. The maximum atomic E-state index is 7.91. The summed E-state index contributed by atoms with van der Waals surface area (Å²) in [5.41, 5.74) is 0. The van der Waals surface area contributed by atoms with Crippen LogP contribution in [0.25, 0.3) is 0 Å². The molecule has 42 valence electrons. The van der Waals surface area contributed by atoms with Crippen molar-refractivity contribution in [2.75, 3.05) is 0 Å². The Bertz CT molecular complexity index is 168. The van der Waals surface area contributed by atoms with Crippen LogP contribution in [-0.4, -0.2) is 16.4 Å². The Morgan fingerprint density at radius 1 is 1.88 bits per heavy atom. The minimum atomic E-state index is 0.299. The number of rotatable bonds is 1. The highest BCUT2D eigenvalue weighted by Gasteiger charge is 1.86. The molecule has 0 aliphatic heterocycles. The SMILES string of the molecule is O/N=C/c1ncco1. The summed E-state index contributed by atoms with van der Waals surface area (Å²) in [6, 6.07) is 0. The normalized spacial score (nSPS) is 10.5. The second-order valence-corrected chi connectivity index (χ2v) is 1.11. The van der Waals surface area contributed by atoms with E-state index in [-0.39, 0.29) is 0 Å². The smallest absolute Gasteiger partial charge is 0.240 e. The zero-order valence-corrected chi connectivity index (χ0v) is 3.98. The third kappa shape index (κ3) is 0.841. The Morgan fingerprint density at radius 3 is 3.25 bits per heavy atom. The molecule has 0 radical (unpaired) electrons. The number of hydrogen-bond donors (Lipinski definition) is 1. The summed E-state index contributed by atoms with van der Waals surface area (Å²) in [5, 5.41) is 10.6. The molecule has 1 heterocycles. The molecule has 1 N–H and O–H groups in total. The Labute approximate surface area is 45.5 Å². The summed E-state index contributed by atoms with van der Waals surface area (Å²) >= 11 is 0. The van der Waals surface area contributed by atoms with Crippen molar-refractivity contribution in [1.29, 1.82) is 0 Å². The van der Waals surface area contributed by atoms with Crippen LogP contribution in [0.2, 0.25) is 0 Å². The molecule has 4 heteroatoms. The Hall–Kier alpha value is -1.32. The highest BCUT2D eigenvalue weighted by Crippen LogP contribution is 1.87. The topological polar surface area (TPSA) is 58.6 Å². The molecule has 0 saturated carbocycles. The zero-order chi connectivity index (χ0) is 5.82. The van der Waals surface area contributed by atoms with E-state index in [1.807, 2.05) is 0 Å². The summed E-state index contributed by atoms with van der Waals surface area (Å²) in [7, 11) is 0. The molecular formula is C4H4N2O2. The van der Waals surface area contributed by atoms with Crippen molar-refractivity contribution in [2.24, 2.45) is 5.16 Å². The molecule has 0 saturated heterocycles. The summed E-state index contributed by atoms with van der Waals surface area (Å²) in [4.78, 5) is 3.63. The molecule has 0 fully saturated rings. The highest BCUT2D eigenvalue weighted by atomic mass is 16.4.